The summed E-state index contributed by atoms with van der Waals surface area (Å²) in [6.07, 6.45) is -4.37. The van der Waals surface area contributed by atoms with Crippen molar-refractivity contribution >= 4 is 5.96 Å². The Kier molecular flexibility index (Phi) is 4.30. The second-order valence-corrected chi connectivity index (χ2v) is 6.59. The second kappa shape index (κ2) is 6.20. The van der Waals surface area contributed by atoms with Gasteiger partial charge in [-0.25, -0.2) is 4.99 Å². The minimum Gasteiger partial charge on any atom is -0.370 e. The van der Waals surface area contributed by atoms with E-state index in [-0.39, 0.29) is 5.92 Å². The predicted octanol–water partition coefficient (Wildman–Crippen LogP) is 4.48. The number of aliphatic imine (C=N–C) groups is 1. The number of likely N-dealkylation sites (N-methyl/N-ethyl adjacent to an activating group) is 1. The van der Waals surface area contributed by atoms with Gasteiger partial charge in [0.1, 0.15) is 0 Å². The van der Waals surface area contributed by atoms with Gasteiger partial charge >= 0.3 is 6.18 Å². The minimum atomic E-state index is -4.37. The Labute approximate surface area is 150 Å². The maximum absolute atomic E-state index is 12.9. The van der Waals surface area contributed by atoms with E-state index in [1.807, 2.05) is 37.3 Å². The molecule has 2 aromatic carbocycles. The van der Waals surface area contributed by atoms with E-state index in [0.717, 1.165) is 17.7 Å². The van der Waals surface area contributed by atoms with E-state index in [1.54, 1.807) is 11.9 Å². The quantitative estimate of drug-likeness (QED) is 0.859. The fraction of sp³-hybridized carbons (Fsp3) is 0.250. The third kappa shape index (κ3) is 2.96. The van der Waals surface area contributed by atoms with E-state index >= 15 is 0 Å². The Balaban J connectivity index is 2.14. The summed E-state index contributed by atoms with van der Waals surface area (Å²) in [7, 11) is 1.75. The zero-order valence-electron chi connectivity index (χ0n) is 14.6. The first-order chi connectivity index (χ1) is 12.1. The van der Waals surface area contributed by atoms with Crippen LogP contribution in [0.5, 0.6) is 0 Å². The molecule has 1 aliphatic heterocycles. The van der Waals surface area contributed by atoms with Crippen molar-refractivity contribution in [3.63, 3.8) is 0 Å². The van der Waals surface area contributed by atoms with Crippen LogP contribution in [0, 0.1) is 0 Å². The predicted molar refractivity (Wildman–Crippen MR) is 96.5 cm³/mol. The Morgan fingerprint density at radius 2 is 1.65 bits per heavy atom. The van der Waals surface area contributed by atoms with Gasteiger partial charge in [-0.2, -0.15) is 13.2 Å². The van der Waals surface area contributed by atoms with Crippen LogP contribution < -0.4 is 5.73 Å². The largest absolute Gasteiger partial charge is 0.416 e. The minimum absolute atomic E-state index is 0.324. The summed E-state index contributed by atoms with van der Waals surface area (Å²) in [4.78, 5) is 6.36. The molecule has 0 spiro atoms. The number of hydrogen-bond acceptors (Lipinski definition) is 3. The monoisotopic (exact) mass is 359 g/mol. The van der Waals surface area contributed by atoms with Crippen molar-refractivity contribution in [1.82, 2.24) is 4.90 Å². The van der Waals surface area contributed by atoms with Crippen LogP contribution in [-0.2, 0) is 11.7 Å². The van der Waals surface area contributed by atoms with E-state index in [0.29, 0.717) is 17.2 Å². The van der Waals surface area contributed by atoms with Crippen LogP contribution in [-0.4, -0.2) is 17.9 Å². The highest BCUT2D eigenvalue weighted by atomic mass is 19.4. The van der Waals surface area contributed by atoms with E-state index in [9.17, 15) is 13.2 Å². The number of alkyl halides is 3. The smallest absolute Gasteiger partial charge is 0.370 e. The normalized spacial score (nSPS) is 23.7. The molecule has 136 valence electrons. The van der Waals surface area contributed by atoms with Gasteiger partial charge in [-0.15, -0.1) is 0 Å². The summed E-state index contributed by atoms with van der Waals surface area (Å²) in [5.41, 5.74) is 6.93. The first-order valence-electron chi connectivity index (χ1n) is 8.15. The van der Waals surface area contributed by atoms with Crippen LogP contribution in [0.3, 0.4) is 0 Å². The molecular weight excluding hydrogens is 339 g/mol. The molecule has 0 saturated carbocycles. The molecule has 0 aromatic heterocycles. The zero-order valence-corrected chi connectivity index (χ0v) is 14.6. The summed E-state index contributed by atoms with van der Waals surface area (Å²) in [5.74, 6) is -0.0194. The van der Waals surface area contributed by atoms with E-state index in [4.69, 9.17) is 5.73 Å². The molecule has 0 unspecified atom stereocenters. The van der Waals surface area contributed by atoms with Crippen molar-refractivity contribution in [2.45, 2.75) is 24.6 Å². The second-order valence-electron chi connectivity index (χ2n) is 6.59. The number of hydrogen-bond donors (Lipinski definition) is 1. The summed E-state index contributed by atoms with van der Waals surface area (Å²) in [6.45, 7) is 6.06. The van der Waals surface area contributed by atoms with Crippen LogP contribution in [0.2, 0.25) is 0 Å². The molecule has 0 radical (unpaired) electrons. The third-order valence-electron chi connectivity index (χ3n) is 4.95. The van der Waals surface area contributed by atoms with Crippen LogP contribution in [0.25, 0.3) is 0 Å². The maximum Gasteiger partial charge on any atom is 0.416 e. The molecule has 26 heavy (non-hydrogen) atoms. The summed E-state index contributed by atoms with van der Waals surface area (Å²) >= 11 is 0. The van der Waals surface area contributed by atoms with Crippen LogP contribution >= 0.6 is 0 Å². The molecule has 6 heteroatoms. The lowest BCUT2D eigenvalue weighted by Gasteiger charge is -2.44. The molecule has 0 amide bonds. The van der Waals surface area contributed by atoms with Gasteiger partial charge in [-0.1, -0.05) is 49.0 Å². The average Bonchev–Trinajstić information content (AvgIpc) is 2.60. The van der Waals surface area contributed by atoms with Crippen molar-refractivity contribution in [2.75, 3.05) is 7.05 Å². The fourth-order valence-corrected chi connectivity index (χ4v) is 3.43. The first-order valence-corrected chi connectivity index (χ1v) is 8.15. The van der Waals surface area contributed by atoms with Gasteiger partial charge in [-0.3, -0.25) is 0 Å². The SMILES string of the molecule is C=C1[C@@H](c2ccc(C(F)(F)F)cc2)[C@@](C)(c2ccccc2)N=C(N)N1C. The molecular formula is C20H20F3N3. The number of halogens is 3. The lowest BCUT2D eigenvalue weighted by Crippen LogP contribution is -2.47. The van der Waals surface area contributed by atoms with Crippen LogP contribution in [0.4, 0.5) is 13.2 Å². The molecule has 2 atom stereocenters. The van der Waals surface area contributed by atoms with Crippen LogP contribution in [0.1, 0.15) is 29.5 Å². The highest BCUT2D eigenvalue weighted by Crippen LogP contribution is 2.47. The topological polar surface area (TPSA) is 41.6 Å². The molecule has 1 aliphatic rings. The van der Waals surface area contributed by atoms with Gasteiger partial charge in [0.05, 0.1) is 17.0 Å². The van der Waals surface area contributed by atoms with Gasteiger partial charge in [0.2, 0.25) is 0 Å². The fourth-order valence-electron chi connectivity index (χ4n) is 3.43. The molecule has 2 N–H and O–H groups in total. The summed E-state index contributed by atoms with van der Waals surface area (Å²) < 4.78 is 38.7. The Bertz CT molecular complexity index is 841. The van der Waals surface area contributed by atoms with Gasteiger partial charge in [-0.05, 0) is 30.2 Å². The Hall–Kier alpha value is -2.76. The number of nitrogens with zero attached hydrogens (tertiary/aromatic N) is 2. The zero-order chi connectivity index (χ0) is 19.1. The Morgan fingerprint density at radius 1 is 1.08 bits per heavy atom. The molecule has 2 aromatic rings. The average molecular weight is 359 g/mol. The molecule has 0 bridgehead atoms. The molecule has 0 saturated heterocycles. The molecule has 0 aliphatic carbocycles. The number of nitrogens with two attached hydrogens (primary N) is 1. The van der Waals surface area contributed by atoms with Crippen molar-refractivity contribution in [1.29, 1.82) is 0 Å². The number of guanidine groups is 1. The molecule has 3 nitrogen and oxygen atoms in total. The number of benzene rings is 2. The maximum atomic E-state index is 12.9. The van der Waals surface area contributed by atoms with Crippen molar-refractivity contribution in [2.24, 2.45) is 10.7 Å². The van der Waals surface area contributed by atoms with Crippen molar-refractivity contribution < 1.29 is 13.2 Å². The standard InChI is InChI=1S/C20H20F3N3/c1-13-17(14-9-11-16(12-10-14)20(21,22)23)19(2,25-18(24)26(13)3)15-7-5-4-6-8-15/h4-12,17H,1H2,2-3H3,(H2,24,25)/t17-,19+/m0/s1. The molecule has 1 heterocycles. The molecule has 0 fully saturated rings. The van der Waals surface area contributed by atoms with Crippen LogP contribution in [0.15, 0.2) is 71.9 Å². The summed E-state index contributed by atoms with van der Waals surface area (Å²) in [5, 5.41) is 0. The van der Waals surface area contributed by atoms with Gasteiger partial charge < -0.3 is 10.6 Å². The van der Waals surface area contributed by atoms with E-state index in [2.05, 4.69) is 11.6 Å². The lowest BCUT2D eigenvalue weighted by atomic mass is 9.73. The van der Waals surface area contributed by atoms with Crippen molar-refractivity contribution in [3.05, 3.63) is 83.6 Å². The van der Waals surface area contributed by atoms with E-state index < -0.39 is 17.3 Å². The van der Waals surface area contributed by atoms with Crippen molar-refractivity contribution in [3.8, 4) is 0 Å². The van der Waals surface area contributed by atoms with Gasteiger partial charge in [0, 0.05) is 12.7 Å². The lowest BCUT2D eigenvalue weighted by molar-refractivity contribution is -0.137. The van der Waals surface area contributed by atoms with Gasteiger partial charge in [0.25, 0.3) is 0 Å². The number of rotatable bonds is 2. The highest BCUT2D eigenvalue weighted by Gasteiger charge is 2.44. The molecule has 3 rings (SSSR count). The highest BCUT2D eigenvalue weighted by molar-refractivity contribution is 5.82. The van der Waals surface area contributed by atoms with E-state index in [1.165, 1.54) is 12.1 Å². The third-order valence-corrected chi connectivity index (χ3v) is 4.95. The Morgan fingerprint density at radius 3 is 2.19 bits per heavy atom. The first kappa shape index (κ1) is 18.0. The van der Waals surface area contributed by atoms with Gasteiger partial charge in [0.15, 0.2) is 5.96 Å². The summed E-state index contributed by atoms with van der Waals surface area (Å²) in [6, 6.07) is 14.7.